The van der Waals surface area contributed by atoms with Gasteiger partial charge in [0.05, 0.1) is 0 Å². The third-order valence-electron chi connectivity index (χ3n) is 3.37. The van der Waals surface area contributed by atoms with Gasteiger partial charge in [-0.15, -0.1) is 11.6 Å². The monoisotopic (exact) mass is 237 g/mol. The summed E-state index contributed by atoms with van der Waals surface area (Å²) in [5.41, 5.74) is 1.43. The van der Waals surface area contributed by atoms with Crippen molar-refractivity contribution in [2.24, 2.45) is 5.92 Å². The molecule has 1 aliphatic carbocycles. The van der Waals surface area contributed by atoms with Gasteiger partial charge in [0.1, 0.15) is 0 Å². The van der Waals surface area contributed by atoms with Crippen molar-refractivity contribution in [1.82, 2.24) is 4.90 Å². The van der Waals surface area contributed by atoms with Crippen molar-refractivity contribution in [2.45, 2.75) is 24.6 Å². The van der Waals surface area contributed by atoms with E-state index in [1.165, 1.54) is 24.9 Å². The van der Waals surface area contributed by atoms with Crippen LogP contribution in [-0.4, -0.2) is 30.4 Å². The Morgan fingerprint density at radius 2 is 1.94 bits per heavy atom. The maximum Gasteiger partial charge on any atom is 0.0342 e. The molecule has 0 aliphatic heterocycles. The Morgan fingerprint density at radius 1 is 1.25 bits per heavy atom. The van der Waals surface area contributed by atoms with Crippen molar-refractivity contribution in [3.8, 4) is 0 Å². The van der Waals surface area contributed by atoms with E-state index in [0.29, 0.717) is 5.38 Å². The van der Waals surface area contributed by atoms with E-state index in [9.17, 15) is 0 Å². The summed E-state index contributed by atoms with van der Waals surface area (Å²) < 4.78 is 0. The molecular formula is C14H20ClN. The Labute approximate surface area is 103 Å². The number of nitrogens with zero attached hydrogens (tertiary/aromatic N) is 1. The molecule has 2 rings (SSSR count). The first-order valence-corrected chi connectivity index (χ1v) is 6.54. The average molecular weight is 238 g/mol. The quantitative estimate of drug-likeness (QED) is 0.711. The number of alkyl halides is 1. The first-order chi connectivity index (χ1) is 7.74. The molecule has 0 amide bonds. The van der Waals surface area contributed by atoms with Crippen LogP contribution < -0.4 is 0 Å². The third-order valence-corrected chi connectivity index (χ3v) is 3.73. The number of hydrogen-bond donors (Lipinski definition) is 0. The van der Waals surface area contributed by atoms with Crippen LogP contribution >= 0.6 is 11.6 Å². The van der Waals surface area contributed by atoms with E-state index in [1.807, 2.05) is 0 Å². The predicted octanol–water partition coefficient (Wildman–Crippen LogP) is 3.18. The summed E-state index contributed by atoms with van der Waals surface area (Å²) in [5.74, 6) is 0.836. The zero-order chi connectivity index (χ0) is 11.4. The molecule has 0 bridgehead atoms. The molecule has 2 heteroatoms. The van der Waals surface area contributed by atoms with E-state index in [4.69, 9.17) is 11.6 Å². The molecule has 1 aromatic carbocycles. The summed E-state index contributed by atoms with van der Waals surface area (Å²) in [4.78, 5) is 2.43. The molecule has 1 saturated carbocycles. The number of likely N-dealkylation sites (N-methyl/N-ethyl adjacent to an activating group) is 1. The molecule has 0 saturated heterocycles. The van der Waals surface area contributed by atoms with Gasteiger partial charge in [-0.05, 0) is 37.8 Å². The highest BCUT2D eigenvalue weighted by Crippen LogP contribution is 2.32. The fraction of sp³-hybridized carbons (Fsp3) is 0.571. The highest BCUT2D eigenvalue weighted by atomic mass is 35.5. The maximum atomic E-state index is 5.98. The second kappa shape index (κ2) is 5.70. The van der Waals surface area contributed by atoms with Crippen LogP contribution in [0.15, 0.2) is 30.3 Å². The maximum absolute atomic E-state index is 5.98. The molecule has 1 fully saturated rings. The van der Waals surface area contributed by atoms with Crippen LogP contribution in [0.25, 0.3) is 0 Å². The van der Waals surface area contributed by atoms with E-state index in [0.717, 1.165) is 18.9 Å². The van der Waals surface area contributed by atoms with Crippen LogP contribution in [0.1, 0.15) is 18.4 Å². The summed E-state index contributed by atoms with van der Waals surface area (Å²) in [5, 5.41) is 0.451. The Kier molecular flexibility index (Phi) is 4.25. The zero-order valence-electron chi connectivity index (χ0n) is 9.90. The molecule has 0 aromatic heterocycles. The average Bonchev–Trinajstić information content (AvgIpc) is 2.26. The van der Waals surface area contributed by atoms with Crippen LogP contribution in [0.5, 0.6) is 0 Å². The van der Waals surface area contributed by atoms with E-state index in [-0.39, 0.29) is 0 Å². The molecule has 0 unspecified atom stereocenters. The fourth-order valence-electron chi connectivity index (χ4n) is 2.30. The van der Waals surface area contributed by atoms with Crippen molar-refractivity contribution < 1.29 is 0 Å². The highest BCUT2D eigenvalue weighted by Gasteiger charge is 2.27. The molecular weight excluding hydrogens is 218 g/mol. The number of halogens is 1. The van der Waals surface area contributed by atoms with E-state index in [2.05, 4.69) is 42.3 Å². The van der Waals surface area contributed by atoms with E-state index < -0.39 is 0 Å². The molecule has 1 aliphatic rings. The summed E-state index contributed by atoms with van der Waals surface area (Å²) in [6, 6.07) is 10.7. The van der Waals surface area contributed by atoms with Gasteiger partial charge in [-0.3, -0.25) is 0 Å². The second-order valence-electron chi connectivity index (χ2n) is 4.93. The molecule has 0 atom stereocenters. The number of rotatable bonds is 5. The smallest absolute Gasteiger partial charge is 0.0342 e. The van der Waals surface area contributed by atoms with Crippen LogP contribution in [0.3, 0.4) is 0 Å². The lowest BCUT2D eigenvalue weighted by Crippen LogP contribution is -2.35. The minimum Gasteiger partial charge on any atom is -0.306 e. The molecule has 1 nitrogen and oxygen atoms in total. The van der Waals surface area contributed by atoms with E-state index >= 15 is 0 Å². The minimum atomic E-state index is 0.451. The van der Waals surface area contributed by atoms with Crippen molar-refractivity contribution >= 4 is 11.6 Å². The van der Waals surface area contributed by atoms with Gasteiger partial charge in [-0.2, -0.15) is 0 Å². The Morgan fingerprint density at radius 3 is 2.56 bits per heavy atom. The van der Waals surface area contributed by atoms with Crippen LogP contribution in [0.4, 0.5) is 0 Å². The van der Waals surface area contributed by atoms with Gasteiger partial charge >= 0.3 is 0 Å². The fourth-order valence-corrected chi connectivity index (χ4v) is 2.80. The zero-order valence-corrected chi connectivity index (χ0v) is 10.7. The Balaban J connectivity index is 1.66. The molecule has 0 heterocycles. The molecule has 0 radical (unpaired) electrons. The predicted molar refractivity (Wildman–Crippen MR) is 70.0 cm³/mol. The van der Waals surface area contributed by atoms with Crippen LogP contribution in [0.2, 0.25) is 0 Å². The topological polar surface area (TPSA) is 3.24 Å². The van der Waals surface area contributed by atoms with Gasteiger partial charge in [0, 0.05) is 18.5 Å². The van der Waals surface area contributed by atoms with Crippen molar-refractivity contribution in [3.63, 3.8) is 0 Å². The lowest BCUT2D eigenvalue weighted by Gasteiger charge is -2.34. The standard InChI is InChI=1S/C14H20ClN/c1-16(11-13-9-14(15)10-13)8-7-12-5-3-2-4-6-12/h2-6,13-14H,7-11H2,1H3. The molecule has 0 N–H and O–H groups in total. The first kappa shape index (κ1) is 11.9. The lowest BCUT2D eigenvalue weighted by molar-refractivity contribution is 0.211. The summed E-state index contributed by atoms with van der Waals surface area (Å²) >= 11 is 5.98. The van der Waals surface area contributed by atoms with Crippen molar-refractivity contribution in [3.05, 3.63) is 35.9 Å². The van der Waals surface area contributed by atoms with Gasteiger partial charge in [-0.25, -0.2) is 0 Å². The summed E-state index contributed by atoms with van der Waals surface area (Å²) in [6.07, 6.45) is 3.56. The Bertz CT molecular complexity index is 306. The van der Waals surface area contributed by atoms with E-state index in [1.54, 1.807) is 0 Å². The summed E-state index contributed by atoms with van der Waals surface area (Å²) in [6.45, 7) is 2.35. The van der Waals surface area contributed by atoms with Gasteiger partial charge in [-0.1, -0.05) is 30.3 Å². The van der Waals surface area contributed by atoms with Gasteiger partial charge < -0.3 is 4.90 Å². The normalized spacial score (nSPS) is 24.4. The SMILES string of the molecule is CN(CCc1ccccc1)CC1CC(Cl)C1. The van der Waals surface area contributed by atoms with Crippen LogP contribution in [-0.2, 0) is 6.42 Å². The van der Waals surface area contributed by atoms with Crippen molar-refractivity contribution in [1.29, 1.82) is 0 Å². The Hall–Kier alpha value is -0.530. The lowest BCUT2D eigenvalue weighted by atomic mass is 9.84. The molecule has 1 aromatic rings. The van der Waals surface area contributed by atoms with Gasteiger partial charge in [0.15, 0.2) is 0 Å². The van der Waals surface area contributed by atoms with Crippen molar-refractivity contribution in [2.75, 3.05) is 20.1 Å². The summed E-state index contributed by atoms with van der Waals surface area (Å²) in [7, 11) is 2.21. The second-order valence-corrected chi connectivity index (χ2v) is 5.55. The molecule has 16 heavy (non-hydrogen) atoms. The third kappa shape index (κ3) is 3.50. The van der Waals surface area contributed by atoms with Gasteiger partial charge in [0.25, 0.3) is 0 Å². The molecule has 0 spiro atoms. The number of hydrogen-bond acceptors (Lipinski definition) is 1. The highest BCUT2D eigenvalue weighted by molar-refractivity contribution is 6.21. The minimum absolute atomic E-state index is 0.451. The molecule has 88 valence electrons. The first-order valence-electron chi connectivity index (χ1n) is 6.10. The van der Waals surface area contributed by atoms with Crippen LogP contribution in [0, 0.1) is 5.92 Å². The largest absolute Gasteiger partial charge is 0.306 e. The van der Waals surface area contributed by atoms with Gasteiger partial charge in [0.2, 0.25) is 0 Å². The number of benzene rings is 1.